The highest BCUT2D eigenvalue weighted by molar-refractivity contribution is 5.97. The average Bonchev–Trinajstić information content (AvgIpc) is 3.64. The smallest absolute Gasteiger partial charge is 0.270 e. The third kappa shape index (κ3) is 8.21. The van der Waals surface area contributed by atoms with Gasteiger partial charge in [0.25, 0.3) is 11.8 Å². The molecule has 0 bridgehead atoms. The summed E-state index contributed by atoms with van der Waals surface area (Å²) >= 11 is 0. The predicted octanol–water partition coefficient (Wildman–Crippen LogP) is 5.24. The Morgan fingerprint density at radius 3 is 2.59 bits per heavy atom. The highest BCUT2D eigenvalue weighted by Gasteiger charge is 2.27. The third-order valence-electron chi connectivity index (χ3n) is 8.53. The number of benzene rings is 2. The highest BCUT2D eigenvalue weighted by atomic mass is 16.5. The number of aromatic nitrogens is 1. The van der Waals surface area contributed by atoms with Gasteiger partial charge in [0.2, 0.25) is 0 Å². The van der Waals surface area contributed by atoms with Crippen molar-refractivity contribution >= 4 is 17.5 Å². The number of aliphatic hydroxyl groups excluding tert-OH is 1. The van der Waals surface area contributed by atoms with E-state index < -0.39 is 6.10 Å². The number of ether oxygens (including phenoxy) is 1. The van der Waals surface area contributed by atoms with Crippen LogP contribution in [0, 0.1) is 6.92 Å². The number of hydrogen-bond acceptors (Lipinski definition) is 6. The minimum atomic E-state index is -0.467. The molecule has 2 unspecified atom stereocenters. The lowest BCUT2D eigenvalue weighted by molar-refractivity contribution is 0.0755. The molecular weight excluding hydrogens is 554 g/mol. The first kappa shape index (κ1) is 33.1. The van der Waals surface area contributed by atoms with E-state index in [9.17, 15) is 14.7 Å². The summed E-state index contributed by atoms with van der Waals surface area (Å²) in [6, 6.07) is 13.4. The molecule has 4 rings (SSSR count). The predicted molar refractivity (Wildman–Crippen MR) is 177 cm³/mol. The molecule has 238 valence electrons. The van der Waals surface area contributed by atoms with Crippen LogP contribution in [0.25, 0.3) is 11.1 Å². The van der Waals surface area contributed by atoms with E-state index in [0.717, 1.165) is 54.1 Å². The first-order chi connectivity index (χ1) is 21.1. The molecule has 9 heteroatoms. The fraction of sp³-hybridized carbons (Fsp3) is 0.486. The van der Waals surface area contributed by atoms with Crippen LogP contribution >= 0.6 is 0 Å². The number of unbranched alkanes of at least 4 members (excludes halogenated alkanes) is 1. The number of anilines is 1. The minimum Gasteiger partial charge on any atom is -0.497 e. The molecule has 2 atom stereocenters. The van der Waals surface area contributed by atoms with E-state index in [1.54, 1.807) is 12.0 Å². The maximum absolute atomic E-state index is 13.5. The summed E-state index contributed by atoms with van der Waals surface area (Å²) in [4.78, 5) is 30.7. The number of nitrogens with zero attached hydrogens (tertiary/aromatic N) is 3. The Bertz CT molecular complexity index is 1430. The molecule has 0 spiro atoms. The summed E-state index contributed by atoms with van der Waals surface area (Å²) < 4.78 is 7.44. The van der Waals surface area contributed by atoms with E-state index in [1.807, 2.05) is 74.1 Å². The number of amides is 2. The number of nitrogens with one attached hydrogen (secondary N) is 2. The van der Waals surface area contributed by atoms with E-state index in [1.165, 1.54) is 12.8 Å². The van der Waals surface area contributed by atoms with Gasteiger partial charge in [-0.1, -0.05) is 26.3 Å². The van der Waals surface area contributed by atoms with Gasteiger partial charge in [-0.2, -0.15) is 0 Å². The fourth-order valence-corrected chi connectivity index (χ4v) is 5.68. The Hall–Kier alpha value is -3.82. The Balaban J connectivity index is 1.47. The summed E-state index contributed by atoms with van der Waals surface area (Å²) in [6.45, 7) is 13.1. The number of likely N-dealkylation sites (N-methyl/N-ethyl adjacent to an activating group) is 1. The van der Waals surface area contributed by atoms with Crippen molar-refractivity contribution in [2.75, 3.05) is 51.7 Å². The van der Waals surface area contributed by atoms with Gasteiger partial charge in [0.15, 0.2) is 0 Å². The van der Waals surface area contributed by atoms with E-state index in [4.69, 9.17) is 4.74 Å². The maximum atomic E-state index is 13.5. The molecule has 1 fully saturated rings. The van der Waals surface area contributed by atoms with Crippen LogP contribution in [0.2, 0.25) is 0 Å². The molecule has 0 saturated carbocycles. The normalized spacial score (nSPS) is 15.5. The maximum Gasteiger partial charge on any atom is 0.270 e. The lowest BCUT2D eigenvalue weighted by Crippen LogP contribution is -2.30. The van der Waals surface area contributed by atoms with Gasteiger partial charge in [0.05, 0.1) is 19.3 Å². The summed E-state index contributed by atoms with van der Waals surface area (Å²) in [5, 5.41) is 16.5. The molecule has 0 radical (unpaired) electrons. The van der Waals surface area contributed by atoms with Gasteiger partial charge in [0.1, 0.15) is 11.4 Å². The largest absolute Gasteiger partial charge is 0.497 e. The number of rotatable bonds is 14. The van der Waals surface area contributed by atoms with Crippen LogP contribution in [0.4, 0.5) is 5.69 Å². The lowest BCUT2D eigenvalue weighted by atomic mass is 10.00. The molecule has 44 heavy (non-hydrogen) atoms. The van der Waals surface area contributed by atoms with Crippen molar-refractivity contribution < 1.29 is 19.4 Å². The van der Waals surface area contributed by atoms with Crippen molar-refractivity contribution in [1.29, 1.82) is 0 Å². The van der Waals surface area contributed by atoms with Crippen LogP contribution < -0.4 is 15.4 Å². The third-order valence-corrected chi connectivity index (χ3v) is 8.53. The average molecular weight is 604 g/mol. The van der Waals surface area contributed by atoms with Gasteiger partial charge in [-0.25, -0.2) is 0 Å². The van der Waals surface area contributed by atoms with E-state index in [0.29, 0.717) is 36.5 Å². The van der Waals surface area contributed by atoms with E-state index in [-0.39, 0.29) is 17.9 Å². The summed E-state index contributed by atoms with van der Waals surface area (Å²) in [6.07, 6.45) is 4.45. The van der Waals surface area contributed by atoms with Crippen LogP contribution in [0.3, 0.4) is 0 Å². The quantitative estimate of drug-likeness (QED) is 0.233. The topological polar surface area (TPSA) is 99.1 Å². The molecule has 3 N–H and O–H groups in total. The fourth-order valence-electron chi connectivity index (χ4n) is 5.68. The summed E-state index contributed by atoms with van der Waals surface area (Å²) in [7, 11) is 3.47. The van der Waals surface area contributed by atoms with Gasteiger partial charge in [-0.3, -0.25) is 9.59 Å². The second kappa shape index (κ2) is 15.3. The van der Waals surface area contributed by atoms with Crippen LogP contribution in [-0.2, 0) is 7.05 Å². The molecule has 3 aromatic rings. The zero-order valence-electron chi connectivity index (χ0n) is 27.2. The second-order valence-corrected chi connectivity index (χ2v) is 11.9. The molecule has 9 nitrogen and oxygen atoms in total. The Morgan fingerprint density at radius 1 is 1.11 bits per heavy atom. The number of carbonyl (C=O) groups excluding carboxylic acids is 2. The van der Waals surface area contributed by atoms with E-state index >= 15 is 0 Å². The number of aryl methyl sites for hydroxylation is 2. The van der Waals surface area contributed by atoms with Gasteiger partial charge < -0.3 is 34.8 Å². The molecule has 2 aromatic carbocycles. The lowest BCUT2D eigenvalue weighted by Gasteiger charge is -2.21. The molecule has 1 aliphatic rings. The minimum absolute atomic E-state index is 0.0923. The zero-order chi connectivity index (χ0) is 31.8. The summed E-state index contributed by atoms with van der Waals surface area (Å²) in [5.41, 5.74) is 5.71. The highest BCUT2D eigenvalue weighted by Crippen LogP contribution is 2.31. The number of methoxy groups -OCH3 is 1. The summed E-state index contributed by atoms with van der Waals surface area (Å²) in [5.74, 6) is 0.437. The molecular formula is C35H49N5O4. The number of aliphatic hydroxyl groups is 1. The van der Waals surface area contributed by atoms with Crippen LogP contribution in [0.1, 0.15) is 78.0 Å². The van der Waals surface area contributed by atoms with Crippen LogP contribution in [-0.4, -0.2) is 83.8 Å². The van der Waals surface area contributed by atoms with E-state index in [2.05, 4.69) is 29.4 Å². The Morgan fingerprint density at radius 2 is 1.91 bits per heavy atom. The van der Waals surface area contributed by atoms with Gasteiger partial charge in [-0.05, 0) is 92.9 Å². The number of β-amino-alcohol motifs (C(OH)–C–C–N with tert-alkyl or cyclic N) is 1. The van der Waals surface area contributed by atoms with Crippen molar-refractivity contribution in [2.24, 2.45) is 7.05 Å². The standard InChI is InChI=1S/C35H49N5O4/c1-7-9-14-39(8-2)16-13-36-29-11-10-24(3)32(21-29)34(42)37-25(4)26-17-27(19-31(18-26)44-6)28-20-33(38(5)22-28)35(43)40-15-12-30(41)23-40/h10-11,17-22,25,30,36,41H,7-9,12-16,23H2,1-6H3,(H,37,42). The molecule has 1 aromatic heterocycles. The van der Waals surface area contributed by atoms with Crippen molar-refractivity contribution in [1.82, 2.24) is 19.7 Å². The molecule has 2 heterocycles. The van der Waals surface area contributed by atoms with Gasteiger partial charge >= 0.3 is 0 Å². The molecule has 2 amide bonds. The zero-order valence-corrected chi connectivity index (χ0v) is 27.2. The van der Waals surface area contributed by atoms with Crippen LogP contribution in [0.15, 0.2) is 48.7 Å². The van der Waals surface area contributed by atoms with Crippen molar-refractivity contribution in [2.45, 2.75) is 59.1 Å². The number of hydrogen-bond donors (Lipinski definition) is 3. The van der Waals surface area contributed by atoms with Gasteiger partial charge in [-0.15, -0.1) is 0 Å². The molecule has 1 aliphatic heterocycles. The number of carbonyl (C=O) groups is 2. The molecule has 1 saturated heterocycles. The first-order valence-electron chi connectivity index (χ1n) is 15.8. The van der Waals surface area contributed by atoms with Crippen molar-refractivity contribution in [3.63, 3.8) is 0 Å². The Labute approximate surface area is 262 Å². The molecule has 0 aliphatic carbocycles. The van der Waals surface area contributed by atoms with Crippen molar-refractivity contribution in [3.05, 3.63) is 71.0 Å². The van der Waals surface area contributed by atoms with Crippen LogP contribution in [0.5, 0.6) is 5.75 Å². The second-order valence-electron chi connectivity index (χ2n) is 11.9. The van der Waals surface area contributed by atoms with Gasteiger partial charge in [0, 0.05) is 56.2 Å². The number of likely N-dealkylation sites (tertiary alicyclic amines) is 1. The Kier molecular flexibility index (Phi) is 11.5. The first-order valence-corrected chi connectivity index (χ1v) is 15.8. The SMILES string of the molecule is CCCCN(CC)CCNc1ccc(C)c(C(=O)NC(C)c2cc(OC)cc(-c3cc(C(=O)N4CCC(O)C4)n(C)c3)c2)c1. The monoisotopic (exact) mass is 603 g/mol. The van der Waals surface area contributed by atoms with Crippen molar-refractivity contribution in [3.8, 4) is 16.9 Å².